The van der Waals surface area contributed by atoms with Gasteiger partial charge in [0.15, 0.2) is 0 Å². The number of nitrogens with zero attached hydrogens (tertiary/aromatic N) is 2. The first kappa shape index (κ1) is 33.0. The molecule has 230 valence electrons. The van der Waals surface area contributed by atoms with Crippen molar-refractivity contribution in [2.24, 2.45) is 0 Å². The summed E-state index contributed by atoms with van der Waals surface area (Å²) in [6.07, 6.45) is 0.223. The molecule has 0 saturated heterocycles. The van der Waals surface area contributed by atoms with Crippen molar-refractivity contribution >= 4 is 55.1 Å². The Morgan fingerprint density at radius 2 is 1.55 bits per heavy atom. The monoisotopic (exact) mass is 697 g/mol. The molecule has 0 fully saturated rings. The van der Waals surface area contributed by atoms with E-state index in [1.165, 1.54) is 30.2 Å². The number of methoxy groups -OCH3 is 1. The molecule has 4 aromatic rings. The molecular weight excluding hydrogens is 666 g/mol. The molecular formula is C33H33BrClN3O5S. The number of ether oxygens (including phenoxy) is 1. The second-order valence-electron chi connectivity index (χ2n) is 9.89. The van der Waals surface area contributed by atoms with E-state index in [9.17, 15) is 18.0 Å². The lowest BCUT2D eigenvalue weighted by molar-refractivity contribution is -0.140. The molecule has 0 bridgehead atoms. The smallest absolute Gasteiger partial charge is 0.264 e. The van der Waals surface area contributed by atoms with Crippen molar-refractivity contribution < 1.29 is 22.7 Å². The summed E-state index contributed by atoms with van der Waals surface area (Å²) < 4.78 is 35.6. The van der Waals surface area contributed by atoms with Crippen molar-refractivity contribution in [3.05, 3.63) is 124 Å². The van der Waals surface area contributed by atoms with E-state index in [0.717, 1.165) is 19.9 Å². The van der Waals surface area contributed by atoms with E-state index in [4.69, 9.17) is 16.3 Å². The molecule has 4 aromatic carbocycles. The topological polar surface area (TPSA) is 96.0 Å². The number of carbonyl (C=O) groups excluding carboxylic acids is 2. The zero-order valence-corrected chi connectivity index (χ0v) is 27.5. The molecule has 0 saturated carbocycles. The van der Waals surface area contributed by atoms with Crippen LogP contribution in [0.1, 0.15) is 18.1 Å². The molecule has 8 nitrogen and oxygen atoms in total. The van der Waals surface area contributed by atoms with Crippen molar-refractivity contribution in [1.29, 1.82) is 0 Å². The van der Waals surface area contributed by atoms with Gasteiger partial charge >= 0.3 is 0 Å². The van der Waals surface area contributed by atoms with Crippen LogP contribution in [0.2, 0.25) is 5.02 Å². The number of sulfonamides is 1. The maximum atomic E-state index is 14.5. The van der Waals surface area contributed by atoms with Gasteiger partial charge in [0.05, 0.1) is 17.7 Å². The molecule has 2 amide bonds. The lowest BCUT2D eigenvalue weighted by atomic mass is 10.0. The maximum Gasteiger partial charge on any atom is 0.264 e. The predicted molar refractivity (Wildman–Crippen MR) is 176 cm³/mol. The van der Waals surface area contributed by atoms with Crippen LogP contribution in [-0.4, -0.2) is 51.4 Å². The third-order valence-electron chi connectivity index (χ3n) is 6.91. The number of halogens is 2. The van der Waals surface area contributed by atoms with Gasteiger partial charge in [-0.25, -0.2) is 8.42 Å². The minimum absolute atomic E-state index is 0.0150. The highest BCUT2D eigenvalue weighted by atomic mass is 79.9. The Labute approximate surface area is 271 Å². The van der Waals surface area contributed by atoms with Crippen LogP contribution in [0.25, 0.3) is 0 Å². The standard InChI is InChI=1S/C33H33BrClN3O5S/c1-3-36-33(40)30(20-24-10-6-4-7-11-24)37(22-25-14-16-26(34)17-15-25)32(39)23-38(29-21-27(35)18-19-31(29)43-2)44(41,42)28-12-8-5-9-13-28/h4-19,21,30H,3,20,22-23H2,1-2H3,(H,36,40). The van der Waals surface area contributed by atoms with Crippen molar-refractivity contribution in [3.63, 3.8) is 0 Å². The van der Waals surface area contributed by atoms with Crippen LogP contribution in [0.15, 0.2) is 112 Å². The summed E-state index contributed by atoms with van der Waals surface area (Å²) >= 11 is 9.76. The first-order valence-electron chi connectivity index (χ1n) is 13.9. The van der Waals surface area contributed by atoms with E-state index >= 15 is 0 Å². The molecule has 0 heterocycles. The van der Waals surface area contributed by atoms with E-state index in [2.05, 4.69) is 21.2 Å². The quantitative estimate of drug-likeness (QED) is 0.183. The van der Waals surface area contributed by atoms with Gasteiger partial charge < -0.3 is 15.0 Å². The summed E-state index contributed by atoms with van der Waals surface area (Å²) in [4.78, 5) is 29.5. The normalized spacial score (nSPS) is 11.8. The second kappa shape index (κ2) is 15.2. The molecule has 0 aliphatic carbocycles. The van der Waals surface area contributed by atoms with Crippen LogP contribution >= 0.6 is 27.5 Å². The van der Waals surface area contributed by atoms with E-state index < -0.39 is 28.5 Å². The third-order valence-corrected chi connectivity index (χ3v) is 9.45. The Bertz CT molecular complexity index is 1670. The van der Waals surface area contributed by atoms with Crippen molar-refractivity contribution in [2.75, 3.05) is 24.5 Å². The Balaban J connectivity index is 1.83. The molecule has 0 aromatic heterocycles. The van der Waals surface area contributed by atoms with Crippen LogP contribution in [-0.2, 0) is 32.6 Å². The van der Waals surface area contributed by atoms with Gasteiger partial charge in [-0.1, -0.05) is 88.2 Å². The van der Waals surface area contributed by atoms with Crippen LogP contribution in [0.4, 0.5) is 5.69 Å². The highest BCUT2D eigenvalue weighted by Crippen LogP contribution is 2.35. The molecule has 1 N–H and O–H groups in total. The fraction of sp³-hybridized carbons (Fsp3) is 0.212. The Hall–Kier alpha value is -3.86. The SMILES string of the molecule is CCNC(=O)C(Cc1ccccc1)N(Cc1ccc(Br)cc1)C(=O)CN(c1cc(Cl)ccc1OC)S(=O)(=O)c1ccccc1. The van der Waals surface area contributed by atoms with E-state index in [1.54, 1.807) is 37.3 Å². The summed E-state index contributed by atoms with van der Waals surface area (Å²) in [5.41, 5.74) is 1.71. The van der Waals surface area contributed by atoms with Gasteiger partial charge in [0.2, 0.25) is 11.8 Å². The van der Waals surface area contributed by atoms with E-state index in [0.29, 0.717) is 6.54 Å². The summed E-state index contributed by atoms with van der Waals surface area (Å²) in [6.45, 7) is 1.61. The number of likely N-dealkylation sites (N-methyl/N-ethyl adjacent to an activating group) is 1. The Morgan fingerprint density at radius 3 is 2.16 bits per heavy atom. The Morgan fingerprint density at radius 1 is 0.909 bits per heavy atom. The van der Waals surface area contributed by atoms with Crippen molar-refractivity contribution in [2.45, 2.75) is 30.8 Å². The van der Waals surface area contributed by atoms with Crippen LogP contribution in [0.5, 0.6) is 5.75 Å². The third kappa shape index (κ3) is 8.19. The highest BCUT2D eigenvalue weighted by Gasteiger charge is 2.35. The lowest BCUT2D eigenvalue weighted by Crippen LogP contribution is -2.53. The van der Waals surface area contributed by atoms with Crippen LogP contribution in [0.3, 0.4) is 0 Å². The first-order chi connectivity index (χ1) is 21.1. The van der Waals surface area contributed by atoms with Gasteiger partial charge in [0.1, 0.15) is 18.3 Å². The molecule has 0 aliphatic rings. The molecule has 1 unspecified atom stereocenters. The van der Waals surface area contributed by atoms with Gasteiger partial charge in [-0.2, -0.15) is 0 Å². The molecule has 0 aliphatic heterocycles. The molecule has 11 heteroatoms. The Kier molecular flexibility index (Phi) is 11.4. The lowest BCUT2D eigenvalue weighted by Gasteiger charge is -2.34. The summed E-state index contributed by atoms with van der Waals surface area (Å²) in [6, 6.07) is 28.2. The molecule has 4 rings (SSSR count). The van der Waals surface area contributed by atoms with Gasteiger partial charge in [-0.15, -0.1) is 0 Å². The minimum Gasteiger partial charge on any atom is -0.495 e. The molecule has 1 atom stereocenters. The fourth-order valence-electron chi connectivity index (χ4n) is 4.72. The molecule has 0 radical (unpaired) electrons. The largest absolute Gasteiger partial charge is 0.495 e. The number of hydrogen-bond acceptors (Lipinski definition) is 5. The zero-order valence-electron chi connectivity index (χ0n) is 24.3. The predicted octanol–water partition coefficient (Wildman–Crippen LogP) is 6.08. The maximum absolute atomic E-state index is 14.5. The number of benzene rings is 4. The number of amides is 2. The second-order valence-corrected chi connectivity index (χ2v) is 13.1. The summed E-state index contributed by atoms with van der Waals surface area (Å²) in [7, 11) is -2.88. The summed E-state index contributed by atoms with van der Waals surface area (Å²) in [5.74, 6) is -0.716. The van der Waals surface area contributed by atoms with Crippen molar-refractivity contribution in [3.8, 4) is 5.75 Å². The minimum atomic E-state index is -4.29. The average molecular weight is 699 g/mol. The van der Waals surface area contributed by atoms with Gasteiger partial charge in [-0.3, -0.25) is 13.9 Å². The molecule has 44 heavy (non-hydrogen) atoms. The van der Waals surface area contributed by atoms with E-state index in [-0.39, 0.29) is 40.2 Å². The van der Waals surface area contributed by atoms with Gasteiger partial charge in [0.25, 0.3) is 10.0 Å². The number of hydrogen-bond donors (Lipinski definition) is 1. The first-order valence-corrected chi connectivity index (χ1v) is 16.5. The number of nitrogens with one attached hydrogen (secondary N) is 1. The number of rotatable bonds is 13. The van der Waals surface area contributed by atoms with Crippen molar-refractivity contribution in [1.82, 2.24) is 10.2 Å². The average Bonchev–Trinajstić information content (AvgIpc) is 3.03. The summed E-state index contributed by atoms with van der Waals surface area (Å²) in [5, 5.41) is 3.11. The highest BCUT2D eigenvalue weighted by molar-refractivity contribution is 9.10. The zero-order chi connectivity index (χ0) is 31.7. The van der Waals surface area contributed by atoms with E-state index in [1.807, 2.05) is 54.6 Å². The van der Waals surface area contributed by atoms with Gasteiger partial charge in [-0.05, 0) is 60.5 Å². The van der Waals surface area contributed by atoms with Crippen LogP contribution in [0, 0.1) is 0 Å². The van der Waals surface area contributed by atoms with Crippen LogP contribution < -0.4 is 14.4 Å². The van der Waals surface area contributed by atoms with Gasteiger partial charge in [0, 0.05) is 29.0 Å². The molecule has 0 spiro atoms. The number of carbonyl (C=O) groups is 2. The fourth-order valence-corrected chi connectivity index (χ4v) is 6.59. The number of anilines is 1.